The van der Waals surface area contributed by atoms with Crippen molar-refractivity contribution in [1.29, 1.82) is 0 Å². The quantitative estimate of drug-likeness (QED) is 0.764. The number of ketones is 2. The van der Waals surface area contributed by atoms with Crippen molar-refractivity contribution in [2.75, 3.05) is 13.2 Å². The molecule has 0 unspecified atom stereocenters. The van der Waals surface area contributed by atoms with Gasteiger partial charge in [0.1, 0.15) is 0 Å². The summed E-state index contributed by atoms with van der Waals surface area (Å²) in [5.41, 5.74) is 0.995. The van der Waals surface area contributed by atoms with E-state index in [1.807, 2.05) is 0 Å². The van der Waals surface area contributed by atoms with Crippen molar-refractivity contribution in [3.63, 3.8) is 0 Å². The van der Waals surface area contributed by atoms with Crippen LogP contribution in [0, 0.1) is 11.8 Å². The SMILES string of the molecule is O=C1c2ccccc2C(=O)C1CCC(CO)CO. The molecule has 96 valence electrons. The normalized spacial score (nSPS) is 15.5. The molecule has 0 saturated carbocycles. The predicted octanol–water partition coefficient (Wildman–Crippen LogP) is 1.06. The summed E-state index contributed by atoms with van der Waals surface area (Å²) in [4.78, 5) is 24.1. The molecular weight excluding hydrogens is 232 g/mol. The molecule has 18 heavy (non-hydrogen) atoms. The largest absolute Gasteiger partial charge is 0.396 e. The fourth-order valence-electron chi connectivity index (χ4n) is 2.31. The minimum Gasteiger partial charge on any atom is -0.396 e. The van der Waals surface area contributed by atoms with Crippen LogP contribution >= 0.6 is 0 Å². The molecule has 0 aromatic heterocycles. The lowest BCUT2D eigenvalue weighted by Crippen LogP contribution is -2.19. The monoisotopic (exact) mass is 248 g/mol. The number of hydrogen-bond acceptors (Lipinski definition) is 4. The molecule has 1 aliphatic carbocycles. The maximum Gasteiger partial charge on any atom is 0.174 e. The van der Waals surface area contributed by atoms with E-state index in [1.165, 1.54) is 0 Å². The van der Waals surface area contributed by atoms with Crippen LogP contribution in [0.2, 0.25) is 0 Å². The average molecular weight is 248 g/mol. The van der Waals surface area contributed by atoms with Crippen LogP contribution in [0.15, 0.2) is 24.3 Å². The first-order chi connectivity index (χ1) is 8.69. The van der Waals surface area contributed by atoms with Gasteiger partial charge in [0.15, 0.2) is 11.6 Å². The van der Waals surface area contributed by atoms with E-state index >= 15 is 0 Å². The molecule has 1 aromatic carbocycles. The number of fused-ring (bicyclic) bond motifs is 1. The molecule has 0 aliphatic heterocycles. The van der Waals surface area contributed by atoms with E-state index in [0.717, 1.165) is 0 Å². The highest BCUT2D eigenvalue weighted by molar-refractivity contribution is 6.26. The van der Waals surface area contributed by atoms with Gasteiger partial charge in [0.2, 0.25) is 0 Å². The standard InChI is InChI=1S/C14H16O4/c15-7-9(8-16)5-6-12-13(17)10-3-1-2-4-11(10)14(12)18/h1-4,9,12,15-16H,5-8H2. The zero-order valence-electron chi connectivity index (χ0n) is 10.0. The van der Waals surface area contributed by atoms with Crippen LogP contribution in [-0.2, 0) is 0 Å². The summed E-state index contributed by atoms with van der Waals surface area (Å²) < 4.78 is 0. The number of carbonyl (C=O) groups is 2. The molecule has 1 aliphatic rings. The highest BCUT2D eigenvalue weighted by atomic mass is 16.3. The van der Waals surface area contributed by atoms with Crippen molar-refractivity contribution in [1.82, 2.24) is 0 Å². The van der Waals surface area contributed by atoms with Crippen LogP contribution in [0.1, 0.15) is 33.6 Å². The minimum atomic E-state index is -0.636. The average Bonchev–Trinajstić information content (AvgIpc) is 2.65. The van der Waals surface area contributed by atoms with E-state index in [1.54, 1.807) is 24.3 Å². The summed E-state index contributed by atoms with van der Waals surface area (Å²) in [7, 11) is 0. The summed E-state index contributed by atoms with van der Waals surface area (Å²) in [5.74, 6) is -1.16. The lowest BCUT2D eigenvalue weighted by atomic mass is 9.93. The van der Waals surface area contributed by atoms with Crippen LogP contribution in [0.3, 0.4) is 0 Å². The summed E-state index contributed by atoms with van der Waals surface area (Å²) >= 11 is 0. The van der Waals surface area contributed by atoms with Gasteiger partial charge in [-0.3, -0.25) is 9.59 Å². The fraction of sp³-hybridized carbons (Fsp3) is 0.429. The zero-order chi connectivity index (χ0) is 13.1. The van der Waals surface area contributed by atoms with Gasteiger partial charge in [-0.1, -0.05) is 24.3 Å². The Balaban J connectivity index is 2.09. The molecule has 2 rings (SSSR count). The third-order valence-corrected chi connectivity index (χ3v) is 3.47. The number of benzene rings is 1. The molecule has 2 N–H and O–H groups in total. The molecule has 0 heterocycles. The lowest BCUT2D eigenvalue weighted by molar-refractivity contribution is 0.0805. The van der Waals surface area contributed by atoms with Crippen molar-refractivity contribution in [3.05, 3.63) is 35.4 Å². The molecule has 4 nitrogen and oxygen atoms in total. The second-order valence-corrected chi connectivity index (χ2v) is 4.64. The van der Waals surface area contributed by atoms with Gasteiger partial charge >= 0.3 is 0 Å². The van der Waals surface area contributed by atoms with Crippen molar-refractivity contribution >= 4 is 11.6 Å². The second-order valence-electron chi connectivity index (χ2n) is 4.64. The van der Waals surface area contributed by atoms with Crippen molar-refractivity contribution in [2.45, 2.75) is 12.8 Å². The van der Waals surface area contributed by atoms with Gasteiger partial charge in [0, 0.05) is 30.3 Å². The number of aliphatic hydroxyl groups excluding tert-OH is 2. The van der Waals surface area contributed by atoms with E-state index in [2.05, 4.69) is 0 Å². The minimum absolute atomic E-state index is 0.126. The number of Topliss-reactive ketones (excluding diaryl/α,β-unsaturated/α-hetero) is 2. The topological polar surface area (TPSA) is 74.6 Å². The molecule has 0 spiro atoms. The molecule has 0 fully saturated rings. The molecule has 0 amide bonds. The molecule has 0 radical (unpaired) electrons. The Morgan fingerprint density at radius 1 is 1.00 bits per heavy atom. The van der Waals surface area contributed by atoms with Crippen LogP contribution < -0.4 is 0 Å². The first-order valence-corrected chi connectivity index (χ1v) is 6.08. The van der Waals surface area contributed by atoms with Gasteiger partial charge in [-0.05, 0) is 12.8 Å². The third kappa shape index (κ3) is 2.21. The van der Waals surface area contributed by atoms with Crippen LogP contribution in [0.25, 0.3) is 0 Å². The van der Waals surface area contributed by atoms with E-state index in [0.29, 0.717) is 24.0 Å². The Morgan fingerprint density at radius 2 is 1.50 bits per heavy atom. The number of carbonyl (C=O) groups excluding carboxylic acids is 2. The van der Waals surface area contributed by atoms with Crippen molar-refractivity contribution in [2.24, 2.45) is 11.8 Å². The zero-order valence-corrected chi connectivity index (χ0v) is 10.0. The first kappa shape index (κ1) is 12.9. The van der Waals surface area contributed by atoms with Crippen molar-refractivity contribution in [3.8, 4) is 0 Å². The maximum atomic E-state index is 12.1. The van der Waals surface area contributed by atoms with E-state index in [9.17, 15) is 9.59 Å². The van der Waals surface area contributed by atoms with E-state index in [-0.39, 0.29) is 30.7 Å². The molecule has 1 aromatic rings. The molecule has 0 atom stereocenters. The Kier molecular flexibility index (Phi) is 3.89. The number of aliphatic hydroxyl groups is 2. The lowest BCUT2D eigenvalue weighted by Gasteiger charge is -2.12. The Bertz CT molecular complexity index is 428. The highest BCUT2D eigenvalue weighted by Crippen LogP contribution is 2.30. The summed E-state index contributed by atoms with van der Waals surface area (Å²) in [6.45, 7) is -0.253. The maximum absolute atomic E-state index is 12.1. The van der Waals surface area contributed by atoms with Gasteiger partial charge in [0.25, 0.3) is 0 Å². The summed E-state index contributed by atoms with van der Waals surface area (Å²) in [6, 6.07) is 6.84. The fourth-order valence-corrected chi connectivity index (χ4v) is 2.31. The van der Waals surface area contributed by atoms with Crippen LogP contribution in [0.5, 0.6) is 0 Å². The van der Waals surface area contributed by atoms with Gasteiger partial charge in [0.05, 0.1) is 5.92 Å². The molecule has 4 heteroatoms. The van der Waals surface area contributed by atoms with Gasteiger partial charge in [-0.2, -0.15) is 0 Å². The van der Waals surface area contributed by atoms with Crippen molar-refractivity contribution < 1.29 is 19.8 Å². The van der Waals surface area contributed by atoms with E-state index in [4.69, 9.17) is 10.2 Å². The van der Waals surface area contributed by atoms with Crippen LogP contribution in [-0.4, -0.2) is 35.0 Å². The predicted molar refractivity (Wildman–Crippen MR) is 65.5 cm³/mol. The molecule has 0 bridgehead atoms. The smallest absolute Gasteiger partial charge is 0.174 e. The Morgan fingerprint density at radius 3 is 1.94 bits per heavy atom. The van der Waals surface area contributed by atoms with Gasteiger partial charge in [-0.15, -0.1) is 0 Å². The summed E-state index contributed by atoms with van der Waals surface area (Å²) in [5, 5.41) is 18.0. The van der Waals surface area contributed by atoms with Gasteiger partial charge in [-0.25, -0.2) is 0 Å². The number of hydrogen-bond donors (Lipinski definition) is 2. The first-order valence-electron chi connectivity index (χ1n) is 6.08. The Labute approximate surface area is 105 Å². The molecule has 0 saturated heterocycles. The highest BCUT2D eigenvalue weighted by Gasteiger charge is 2.37. The summed E-state index contributed by atoms with van der Waals surface area (Å²) in [6.07, 6.45) is 0.862. The van der Waals surface area contributed by atoms with Crippen LogP contribution in [0.4, 0.5) is 0 Å². The molecular formula is C14H16O4. The van der Waals surface area contributed by atoms with E-state index < -0.39 is 5.92 Å². The Hall–Kier alpha value is -1.52. The third-order valence-electron chi connectivity index (χ3n) is 3.47. The van der Waals surface area contributed by atoms with Gasteiger partial charge < -0.3 is 10.2 Å². The number of rotatable bonds is 5. The second kappa shape index (κ2) is 5.42.